The molecule has 1 amide bonds. The van der Waals surface area contributed by atoms with Crippen LogP contribution in [0.2, 0.25) is 0 Å². The Morgan fingerprint density at radius 3 is 2.36 bits per heavy atom. The second-order valence-corrected chi connectivity index (χ2v) is 8.83. The molecule has 1 atom stereocenters. The number of aromatic nitrogens is 2. The molecule has 0 aliphatic carbocycles. The fourth-order valence-corrected chi connectivity index (χ4v) is 4.14. The van der Waals surface area contributed by atoms with Gasteiger partial charge in [-0.1, -0.05) is 30.3 Å². The number of carbonyl (C=O) groups is 2. The van der Waals surface area contributed by atoms with Crippen molar-refractivity contribution in [1.29, 1.82) is 0 Å². The first-order valence-corrected chi connectivity index (χ1v) is 11.9. The van der Waals surface area contributed by atoms with E-state index in [9.17, 15) is 14.0 Å². The number of nitrogens with zero attached hydrogens (tertiary/aromatic N) is 3. The third-order valence-electron chi connectivity index (χ3n) is 6.34. The molecule has 6 nitrogen and oxygen atoms in total. The maximum absolute atomic E-state index is 13.5. The van der Waals surface area contributed by atoms with Crippen LogP contribution in [0.15, 0.2) is 72.8 Å². The third kappa shape index (κ3) is 5.74. The van der Waals surface area contributed by atoms with Crippen LogP contribution < -0.4 is 0 Å². The van der Waals surface area contributed by atoms with Gasteiger partial charge in [0.25, 0.3) is 5.91 Å². The van der Waals surface area contributed by atoms with E-state index in [-0.39, 0.29) is 24.2 Å². The van der Waals surface area contributed by atoms with Crippen LogP contribution in [-0.2, 0) is 11.2 Å². The highest BCUT2D eigenvalue weighted by Crippen LogP contribution is 2.27. The highest BCUT2D eigenvalue weighted by atomic mass is 19.1. The van der Waals surface area contributed by atoms with Crippen LogP contribution in [-0.4, -0.2) is 38.9 Å². The predicted molar refractivity (Wildman–Crippen MR) is 137 cm³/mol. The molecule has 0 unspecified atom stereocenters. The summed E-state index contributed by atoms with van der Waals surface area (Å²) in [4.78, 5) is 35.5. The monoisotopic (exact) mass is 485 g/mol. The van der Waals surface area contributed by atoms with Crippen molar-refractivity contribution >= 4 is 22.9 Å². The number of halogens is 1. The molecule has 0 bridgehead atoms. The van der Waals surface area contributed by atoms with E-state index in [2.05, 4.69) is 0 Å². The van der Waals surface area contributed by atoms with Gasteiger partial charge < -0.3 is 10.0 Å². The number of carbonyl (C=O) groups excluding carboxylic acids is 1. The molecule has 0 fully saturated rings. The summed E-state index contributed by atoms with van der Waals surface area (Å²) in [6, 6.07) is 21.1. The van der Waals surface area contributed by atoms with Crippen LogP contribution in [0.4, 0.5) is 4.39 Å². The Labute approximate surface area is 209 Å². The average molecular weight is 486 g/mol. The van der Waals surface area contributed by atoms with Gasteiger partial charge in [-0.2, -0.15) is 0 Å². The van der Waals surface area contributed by atoms with Crippen LogP contribution in [0.3, 0.4) is 0 Å². The van der Waals surface area contributed by atoms with Gasteiger partial charge in [0, 0.05) is 24.6 Å². The summed E-state index contributed by atoms with van der Waals surface area (Å²) in [5.41, 5.74) is 4.81. The molecule has 1 aromatic heterocycles. The molecule has 4 rings (SSSR count). The number of rotatable bonds is 9. The summed E-state index contributed by atoms with van der Waals surface area (Å²) in [7, 11) is 1.78. The van der Waals surface area contributed by atoms with Gasteiger partial charge in [-0.3, -0.25) is 9.59 Å². The largest absolute Gasteiger partial charge is 0.481 e. The predicted octanol–water partition coefficient (Wildman–Crippen LogP) is 6.07. The maximum atomic E-state index is 13.5. The average Bonchev–Trinajstić information content (AvgIpc) is 2.90. The maximum Gasteiger partial charge on any atom is 0.303 e. The fourth-order valence-electron chi connectivity index (χ4n) is 4.14. The molecule has 36 heavy (non-hydrogen) atoms. The standard InChI is InChI=1S/C29H28FN3O3/c1-19(20-8-4-3-5-9-20)33(2)29(36)22-14-17-24-26(18-22)31-25(10-6-7-11-27(34)35)28(32-24)21-12-15-23(30)16-13-21/h3-5,8-9,12-19H,6-7,10-11H2,1-2H3,(H,34,35)/t19-/m1/s1. The van der Waals surface area contributed by atoms with E-state index in [1.165, 1.54) is 12.1 Å². The van der Waals surface area contributed by atoms with Crippen LogP contribution >= 0.6 is 0 Å². The van der Waals surface area contributed by atoms with Crippen LogP contribution in [0, 0.1) is 5.82 Å². The molecule has 0 saturated carbocycles. The van der Waals surface area contributed by atoms with Gasteiger partial charge in [0.05, 0.1) is 28.5 Å². The van der Waals surface area contributed by atoms with Gasteiger partial charge in [-0.25, -0.2) is 14.4 Å². The Kier molecular flexibility index (Phi) is 7.68. The summed E-state index contributed by atoms with van der Waals surface area (Å²) < 4.78 is 13.5. The summed E-state index contributed by atoms with van der Waals surface area (Å²) >= 11 is 0. The van der Waals surface area contributed by atoms with Crippen molar-refractivity contribution in [3.63, 3.8) is 0 Å². The van der Waals surface area contributed by atoms with Crippen molar-refractivity contribution in [1.82, 2.24) is 14.9 Å². The zero-order chi connectivity index (χ0) is 25.7. The fraction of sp³-hybridized carbons (Fsp3) is 0.241. The van der Waals surface area contributed by atoms with Crippen molar-refractivity contribution in [2.24, 2.45) is 0 Å². The lowest BCUT2D eigenvalue weighted by atomic mass is 10.0. The van der Waals surface area contributed by atoms with Crippen LogP contribution in [0.1, 0.15) is 53.8 Å². The number of carboxylic acid groups (broad SMARTS) is 1. The van der Waals surface area contributed by atoms with E-state index >= 15 is 0 Å². The Morgan fingerprint density at radius 2 is 1.67 bits per heavy atom. The topological polar surface area (TPSA) is 83.4 Å². The number of fused-ring (bicyclic) bond motifs is 1. The Balaban J connectivity index is 1.66. The van der Waals surface area contributed by atoms with Crippen molar-refractivity contribution in [3.05, 3.63) is 95.4 Å². The van der Waals surface area contributed by atoms with Crippen LogP contribution in [0.25, 0.3) is 22.3 Å². The second kappa shape index (κ2) is 11.1. The molecule has 1 heterocycles. The van der Waals surface area contributed by atoms with E-state index in [0.29, 0.717) is 47.2 Å². The summed E-state index contributed by atoms with van der Waals surface area (Å²) in [5.74, 6) is -1.30. The smallest absolute Gasteiger partial charge is 0.303 e. The molecular formula is C29H28FN3O3. The molecule has 1 N–H and O–H groups in total. The van der Waals surface area contributed by atoms with E-state index in [0.717, 1.165) is 11.1 Å². The number of carboxylic acids is 1. The number of aliphatic carboxylic acids is 1. The number of aryl methyl sites for hydroxylation is 1. The summed E-state index contributed by atoms with van der Waals surface area (Å²) in [6.45, 7) is 1.98. The minimum absolute atomic E-state index is 0.0808. The molecule has 4 aromatic rings. The van der Waals surface area contributed by atoms with Gasteiger partial charge >= 0.3 is 5.97 Å². The SMILES string of the molecule is C[C@H](c1ccccc1)N(C)C(=O)c1ccc2nc(-c3ccc(F)cc3)c(CCCCC(=O)O)nc2c1. The Morgan fingerprint density at radius 1 is 0.944 bits per heavy atom. The van der Waals surface area contributed by atoms with Gasteiger partial charge in [0.15, 0.2) is 0 Å². The van der Waals surface area contributed by atoms with Gasteiger partial charge in [-0.15, -0.1) is 0 Å². The first kappa shape index (κ1) is 25.0. The summed E-state index contributed by atoms with van der Waals surface area (Å²) in [5, 5.41) is 8.95. The molecule has 0 spiro atoms. The lowest BCUT2D eigenvalue weighted by Crippen LogP contribution is -2.29. The van der Waals surface area contributed by atoms with Gasteiger partial charge in [-0.05, 0) is 74.2 Å². The molecular weight excluding hydrogens is 457 g/mol. The molecule has 0 saturated heterocycles. The van der Waals surface area contributed by atoms with Gasteiger partial charge in [0.1, 0.15) is 5.82 Å². The van der Waals surface area contributed by atoms with E-state index in [1.54, 1.807) is 42.3 Å². The van der Waals surface area contributed by atoms with E-state index in [4.69, 9.17) is 15.1 Å². The molecule has 0 radical (unpaired) electrons. The Bertz CT molecular complexity index is 1370. The quantitative estimate of drug-likeness (QED) is 0.291. The molecule has 7 heteroatoms. The molecule has 0 aliphatic rings. The van der Waals surface area contributed by atoms with Crippen molar-refractivity contribution in [3.8, 4) is 11.3 Å². The number of benzene rings is 3. The Hall–Kier alpha value is -4.13. The minimum atomic E-state index is -0.838. The lowest BCUT2D eigenvalue weighted by Gasteiger charge is -2.25. The highest BCUT2D eigenvalue weighted by Gasteiger charge is 2.20. The van der Waals surface area contributed by atoms with Crippen LogP contribution in [0.5, 0.6) is 0 Å². The first-order chi connectivity index (χ1) is 17.3. The third-order valence-corrected chi connectivity index (χ3v) is 6.34. The minimum Gasteiger partial charge on any atom is -0.481 e. The second-order valence-electron chi connectivity index (χ2n) is 8.83. The molecule has 3 aromatic carbocycles. The van der Waals surface area contributed by atoms with Gasteiger partial charge in [0.2, 0.25) is 0 Å². The number of hydrogen-bond acceptors (Lipinski definition) is 4. The molecule has 184 valence electrons. The number of hydrogen-bond donors (Lipinski definition) is 1. The zero-order valence-electron chi connectivity index (χ0n) is 20.3. The van der Waals surface area contributed by atoms with E-state index in [1.807, 2.05) is 37.3 Å². The number of unbranched alkanes of at least 4 members (excludes halogenated alkanes) is 1. The zero-order valence-corrected chi connectivity index (χ0v) is 20.3. The van der Waals surface area contributed by atoms with Crippen molar-refractivity contribution in [2.75, 3.05) is 7.05 Å². The van der Waals surface area contributed by atoms with E-state index < -0.39 is 5.97 Å². The normalized spacial score (nSPS) is 11.9. The van der Waals surface area contributed by atoms with Crippen molar-refractivity contribution in [2.45, 2.75) is 38.6 Å². The molecule has 0 aliphatic heterocycles. The first-order valence-electron chi connectivity index (χ1n) is 11.9. The lowest BCUT2D eigenvalue weighted by molar-refractivity contribution is -0.137. The summed E-state index contributed by atoms with van der Waals surface area (Å²) in [6.07, 6.45) is 1.73. The highest BCUT2D eigenvalue weighted by molar-refractivity contribution is 5.97. The van der Waals surface area contributed by atoms with Crippen molar-refractivity contribution < 1.29 is 19.1 Å². The number of amides is 1.